The molecular formula is C28H26CoN4O. The Morgan fingerprint density at radius 1 is 1.06 bits per heavy atom. The number of hydrogen-bond donors (Lipinski definition) is 1. The van der Waals surface area contributed by atoms with Crippen molar-refractivity contribution in [2.75, 3.05) is 11.4 Å². The SMILES string of the molecule is CCN1\C(=C/C=N/N=C(\O)c2ccccc2)C(C)(Cc2ccccc2)c2cc(C#N)ccc21.[Co]. The molecule has 3 aromatic rings. The number of likely N-dealkylation sites (N-methyl/N-ethyl adjacent to an activating group) is 1. The third kappa shape index (κ3) is 4.96. The monoisotopic (exact) mass is 493 g/mol. The van der Waals surface area contributed by atoms with Gasteiger partial charge in [-0.05, 0) is 67.8 Å². The van der Waals surface area contributed by atoms with Gasteiger partial charge >= 0.3 is 0 Å². The predicted molar refractivity (Wildman–Crippen MR) is 134 cm³/mol. The first-order chi connectivity index (χ1) is 16.1. The molecule has 1 atom stereocenters. The molecule has 5 nitrogen and oxygen atoms in total. The van der Waals surface area contributed by atoms with Crippen LogP contribution in [0.5, 0.6) is 0 Å². The van der Waals surface area contributed by atoms with Crippen LogP contribution in [0.25, 0.3) is 0 Å². The van der Waals surface area contributed by atoms with Crippen LogP contribution < -0.4 is 4.90 Å². The molecule has 0 bridgehead atoms. The zero-order chi connectivity index (χ0) is 23.3. The van der Waals surface area contributed by atoms with Gasteiger partial charge in [0.25, 0.3) is 0 Å². The fraction of sp³-hybridized carbons (Fsp3) is 0.179. The molecule has 0 saturated heterocycles. The fourth-order valence-electron chi connectivity index (χ4n) is 4.49. The van der Waals surface area contributed by atoms with E-state index in [-0.39, 0.29) is 28.1 Å². The standard InChI is InChI=1S/C28H26N4O.Co/c1-3-32-25-15-14-22(20-29)18-24(25)28(2,19-21-10-6-4-7-11-21)26(32)16-17-30-31-27(33)23-12-8-5-9-13-23;/h4-18H,3,19H2,1-2H3,(H,31,33);/b26-16-,30-17+;. The Morgan fingerprint density at radius 2 is 1.74 bits per heavy atom. The van der Waals surface area contributed by atoms with Gasteiger partial charge in [0.05, 0.1) is 17.8 Å². The Hall–Kier alpha value is -3.66. The summed E-state index contributed by atoms with van der Waals surface area (Å²) in [6, 6.07) is 27.6. The van der Waals surface area contributed by atoms with Crippen LogP contribution in [0.1, 0.15) is 36.1 Å². The number of hydrogen-bond acceptors (Lipinski definition) is 4. The first-order valence-electron chi connectivity index (χ1n) is 11.0. The molecule has 0 amide bonds. The molecule has 173 valence electrons. The number of benzene rings is 3. The zero-order valence-electron chi connectivity index (χ0n) is 19.1. The van der Waals surface area contributed by atoms with Gasteiger partial charge < -0.3 is 10.0 Å². The quantitative estimate of drug-likeness (QED) is 0.269. The van der Waals surface area contributed by atoms with E-state index in [1.54, 1.807) is 18.3 Å². The van der Waals surface area contributed by atoms with Crippen molar-refractivity contribution in [1.82, 2.24) is 0 Å². The molecule has 0 fully saturated rings. The van der Waals surface area contributed by atoms with Gasteiger partial charge in [0.2, 0.25) is 5.90 Å². The predicted octanol–water partition coefficient (Wildman–Crippen LogP) is 5.77. The van der Waals surface area contributed by atoms with Crippen molar-refractivity contribution in [3.8, 4) is 6.07 Å². The van der Waals surface area contributed by atoms with Gasteiger partial charge in [-0.1, -0.05) is 48.5 Å². The summed E-state index contributed by atoms with van der Waals surface area (Å²) in [5.74, 6) is -0.127. The summed E-state index contributed by atoms with van der Waals surface area (Å²) in [6.07, 6.45) is 4.36. The minimum absolute atomic E-state index is 0. The van der Waals surface area contributed by atoms with E-state index in [9.17, 15) is 10.4 Å². The molecule has 1 aliphatic rings. The third-order valence-electron chi connectivity index (χ3n) is 6.07. The second-order valence-corrected chi connectivity index (χ2v) is 8.19. The van der Waals surface area contributed by atoms with E-state index in [4.69, 9.17) is 0 Å². The van der Waals surface area contributed by atoms with Crippen LogP contribution in [-0.4, -0.2) is 23.8 Å². The van der Waals surface area contributed by atoms with Gasteiger partial charge in [-0.25, -0.2) is 0 Å². The molecule has 1 heterocycles. The summed E-state index contributed by atoms with van der Waals surface area (Å²) in [6.45, 7) is 5.10. The van der Waals surface area contributed by atoms with E-state index in [0.717, 1.165) is 29.9 Å². The molecule has 34 heavy (non-hydrogen) atoms. The fourth-order valence-corrected chi connectivity index (χ4v) is 4.49. The average Bonchev–Trinajstić information content (AvgIpc) is 3.09. The number of aliphatic hydroxyl groups excluding tert-OH is 1. The number of anilines is 1. The second kappa shape index (κ2) is 11.0. The van der Waals surface area contributed by atoms with Gasteiger partial charge in [-0.3, -0.25) is 0 Å². The second-order valence-electron chi connectivity index (χ2n) is 8.19. The topological polar surface area (TPSA) is 72.0 Å². The Balaban J connectivity index is 0.00000324. The van der Waals surface area contributed by atoms with Crippen LogP contribution in [0.4, 0.5) is 5.69 Å². The maximum Gasteiger partial charge on any atom is 0.238 e. The zero-order valence-corrected chi connectivity index (χ0v) is 20.2. The molecule has 0 aliphatic carbocycles. The van der Waals surface area contributed by atoms with Gasteiger partial charge in [-0.2, -0.15) is 10.4 Å². The molecule has 1 unspecified atom stereocenters. The van der Waals surface area contributed by atoms with Crippen LogP contribution in [0.3, 0.4) is 0 Å². The largest absolute Gasteiger partial charge is 0.492 e. The molecule has 1 radical (unpaired) electrons. The minimum atomic E-state index is -0.350. The molecule has 4 rings (SSSR count). The Morgan fingerprint density at radius 3 is 2.38 bits per heavy atom. The first kappa shape index (κ1) is 25.0. The summed E-state index contributed by atoms with van der Waals surface area (Å²) in [4.78, 5) is 2.26. The van der Waals surface area contributed by atoms with Crippen molar-refractivity contribution in [2.24, 2.45) is 10.2 Å². The van der Waals surface area contributed by atoms with Crippen molar-refractivity contribution >= 4 is 17.8 Å². The maximum atomic E-state index is 10.2. The molecule has 1 aliphatic heterocycles. The summed E-state index contributed by atoms with van der Waals surface area (Å²) >= 11 is 0. The van der Waals surface area contributed by atoms with Crippen LogP contribution in [0.15, 0.2) is 101 Å². The summed E-state index contributed by atoms with van der Waals surface area (Å²) < 4.78 is 0. The van der Waals surface area contributed by atoms with Crippen LogP contribution >= 0.6 is 0 Å². The van der Waals surface area contributed by atoms with Gasteiger partial charge in [0.1, 0.15) is 0 Å². The smallest absolute Gasteiger partial charge is 0.238 e. The molecule has 1 N–H and O–H groups in total. The van der Waals surface area contributed by atoms with Crippen molar-refractivity contribution in [1.29, 1.82) is 5.26 Å². The third-order valence-corrected chi connectivity index (χ3v) is 6.07. The van der Waals surface area contributed by atoms with E-state index in [0.29, 0.717) is 11.1 Å². The number of nitriles is 1. The van der Waals surface area contributed by atoms with E-state index in [2.05, 4.69) is 47.2 Å². The Bertz CT molecular complexity index is 1260. The molecule has 6 heteroatoms. The molecule has 0 saturated carbocycles. The van der Waals surface area contributed by atoms with Crippen LogP contribution in [-0.2, 0) is 28.6 Å². The molecule has 0 spiro atoms. The molecule has 3 aromatic carbocycles. The van der Waals surface area contributed by atoms with Crippen molar-refractivity contribution in [2.45, 2.75) is 25.7 Å². The Kier molecular flexibility index (Phi) is 8.06. The normalized spacial score (nSPS) is 18.6. The summed E-state index contributed by atoms with van der Waals surface area (Å²) in [5.41, 5.74) is 5.44. The first-order valence-corrected chi connectivity index (χ1v) is 11.0. The van der Waals surface area contributed by atoms with Crippen molar-refractivity contribution in [3.05, 3.63) is 113 Å². The van der Waals surface area contributed by atoms with E-state index in [1.807, 2.05) is 60.7 Å². The number of nitrogens with zero attached hydrogens (tertiary/aromatic N) is 4. The van der Waals surface area contributed by atoms with Crippen LogP contribution in [0.2, 0.25) is 0 Å². The number of aliphatic hydroxyl groups is 1. The average molecular weight is 493 g/mol. The van der Waals surface area contributed by atoms with E-state index < -0.39 is 0 Å². The van der Waals surface area contributed by atoms with Crippen LogP contribution in [0, 0.1) is 11.3 Å². The molecule has 0 aromatic heterocycles. The summed E-state index contributed by atoms with van der Waals surface area (Å²) in [5, 5.41) is 27.7. The van der Waals surface area contributed by atoms with E-state index >= 15 is 0 Å². The minimum Gasteiger partial charge on any atom is -0.492 e. The maximum absolute atomic E-state index is 10.2. The number of fused-ring (bicyclic) bond motifs is 1. The number of allylic oxidation sites excluding steroid dienone is 2. The van der Waals surface area contributed by atoms with Gasteiger partial charge in [0, 0.05) is 45.7 Å². The van der Waals surface area contributed by atoms with Gasteiger partial charge in [-0.15, -0.1) is 5.10 Å². The number of rotatable bonds is 6. The summed E-state index contributed by atoms with van der Waals surface area (Å²) in [7, 11) is 0. The Labute approximate surface area is 211 Å². The van der Waals surface area contributed by atoms with Crippen molar-refractivity contribution in [3.63, 3.8) is 0 Å². The molecular weight excluding hydrogens is 467 g/mol. The van der Waals surface area contributed by atoms with Gasteiger partial charge in [0.15, 0.2) is 0 Å². The van der Waals surface area contributed by atoms with E-state index in [1.165, 1.54) is 5.56 Å². The van der Waals surface area contributed by atoms with Crippen molar-refractivity contribution < 1.29 is 21.9 Å².